The van der Waals surface area contributed by atoms with Crippen molar-refractivity contribution < 1.29 is 18.8 Å². The first-order chi connectivity index (χ1) is 12.2. The van der Waals surface area contributed by atoms with Crippen LogP contribution in [0.4, 0.5) is 5.69 Å². The van der Waals surface area contributed by atoms with Gasteiger partial charge in [0, 0.05) is 5.69 Å². The van der Waals surface area contributed by atoms with Gasteiger partial charge >= 0.3 is 0 Å². The molecule has 2 aromatic carbocycles. The second-order valence-electron chi connectivity index (χ2n) is 5.73. The van der Waals surface area contributed by atoms with E-state index >= 15 is 0 Å². The molecule has 6 heteroatoms. The molecule has 126 valence electrons. The largest absolute Gasteiger partial charge is 0.454 e. The molecule has 1 amide bonds. The van der Waals surface area contributed by atoms with Crippen LogP contribution in [-0.2, 0) is 6.54 Å². The number of hydrogen-bond donors (Lipinski definition) is 0. The van der Waals surface area contributed by atoms with Gasteiger partial charge in [0.15, 0.2) is 11.5 Å². The zero-order chi connectivity index (χ0) is 17.2. The summed E-state index contributed by atoms with van der Waals surface area (Å²) in [6.45, 7) is 2.37. The van der Waals surface area contributed by atoms with E-state index < -0.39 is 0 Å². The van der Waals surface area contributed by atoms with Gasteiger partial charge < -0.3 is 18.9 Å². The Labute approximate surface area is 144 Å². The van der Waals surface area contributed by atoms with Crippen LogP contribution >= 0.6 is 0 Å². The number of carbonyl (C=O) groups is 1. The summed E-state index contributed by atoms with van der Waals surface area (Å²) in [5, 5.41) is 3.81. The smallest absolute Gasteiger partial charge is 0.263 e. The summed E-state index contributed by atoms with van der Waals surface area (Å²) in [5.74, 6) is 1.25. The van der Waals surface area contributed by atoms with E-state index in [1.54, 1.807) is 11.8 Å². The summed E-state index contributed by atoms with van der Waals surface area (Å²) in [5.41, 5.74) is 2.75. The second kappa shape index (κ2) is 6.32. The van der Waals surface area contributed by atoms with Crippen molar-refractivity contribution in [2.45, 2.75) is 13.5 Å². The Morgan fingerprint density at radius 2 is 1.92 bits per heavy atom. The van der Waals surface area contributed by atoms with E-state index in [-0.39, 0.29) is 12.7 Å². The fraction of sp³-hybridized carbons (Fsp3) is 0.158. The van der Waals surface area contributed by atoms with Crippen LogP contribution in [0.15, 0.2) is 59.3 Å². The summed E-state index contributed by atoms with van der Waals surface area (Å²) < 4.78 is 15.7. The van der Waals surface area contributed by atoms with Crippen LogP contribution in [0.2, 0.25) is 0 Å². The minimum Gasteiger partial charge on any atom is -0.454 e. The third-order valence-electron chi connectivity index (χ3n) is 4.07. The Bertz CT molecular complexity index is 905. The lowest BCUT2D eigenvalue weighted by atomic mass is 10.1. The van der Waals surface area contributed by atoms with Crippen LogP contribution in [0.1, 0.15) is 21.6 Å². The molecule has 1 aliphatic rings. The highest BCUT2D eigenvalue weighted by Gasteiger charge is 2.23. The Balaban J connectivity index is 1.68. The molecule has 0 N–H and O–H groups in total. The molecule has 0 saturated carbocycles. The molecule has 3 aromatic rings. The lowest BCUT2D eigenvalue weighted by Crippen LogP contribution is -2.30. The molecule has 1 aliphatic heterocycles. The number of carbonyl (C=O) groups excluding carboxylic acids is 1. The maximum Gasteiger partial charge on any atom is 0.263 e. The number of fused-ring (bicyclic) bond motifs is 1. The van der Waals surface area contributed by atoms with E-state index in [9.17, 15) is 4.79 Å². The molecule has 0 radical (unpaired) electrons. The normalized spacial score (nSPS) is 12.2. The molecule has 0 spiro atoms. The summed E-state index contributed by atoms with van der Waals surface area (Å²) >= 11 is 0. The van der Waals surface area contributed by atoms with Crippen molar-refractivity contribution in [3.8, 4) is 11.5 Å². The first-order valence-electron chi connectivity index (χ1n) is 7.89. The van der Waals surface area contributed by atoms with Gasteiger partial charge in [-0.25, -0.2) is 0 Å². The van der Waals surface area contributed by atoms with Crippen molar-refractivity contribution in [3.05, 3.63) is 71.6 Å². The van der Waals surface area contributed by atoms with Crippen LogP contribution in [-0.4, -0.2) is 17.9 Å². The first-order valence-corrected chi connectivity index (χ1v) is 7.89. The second-order valence-corrected chi connectivity index (χ2v) is 5.73. The van der Waals surface area contributed by atoms with Gasteiger partial charge in [0.25, 0.3) is 5.91 Å². The third-order valence-corrected chi connectivity index (χ3v) is 4.07. The van der Waals surface area contributed by atoms with Crippen molar-refractivity contribution in [2.24, 2.45) is 0 Å². The van der Waals surface area contributed by atoms with Gasteiger partial charge in [0.1, 0.15) is 11.8 Å². The highest BCUT2D eigenvalue weighted by atomic mass is 16.7. The number of nitrogens with zero attached hydrogens (tertiary/aromatic N) is 2. The van der Waals surface area contributed by atoms with E-state index in [4.69, 9.17) is 14.0 Å². The van der Waals surface area contributed by atoms with Crippen molar-refractivity contribution in [1.82, 2.24) is 5.16 Å². The average molecular weight is 336 g/mol. The lowest BCUT2D eigenvalue weighted by Gasteiger charge is -2.22. The van der Waals surface area contributed by atoms with Gasteiger partial charge in [0.2, 0.25) is 6.79 Å². The van der Waals surface area contributed by atoms with Crippen molar-refractivity contribution in [3.63, 3.8) is 0 Å². The number of aryl methyl sites for hydroxylation is 1. The molecule has 0 aliphatic carbocycles. The minimum absolute atomic E-state index is 0.164. The Morgan fingerprint density at radius 3 is 2.68 bits per heavy atom. The predicted octanol–water partition coefficient (Wildman–Crippen LogP) is 3.56. The number of rotatable bonds is 4. The zero-order valence-electron chi connectivity index (χ0n) is 13.6. The number of ether oxygens (including phenoxy) is 2. The maximum absolute atomic E-state index is 13.0. The summed E-state index contributed by atoms with van der Waals surface area (Å²) in [6.07, 6.45) is 1.38. The van der Waals surface area contributed by atoms with Crippen molar-refractivity contribution in [2.75, 3.05) is 11.7 Å². The van der Waals surface area contributed by atoms with Crippen molar-refractivity contribution in [1.29, 1.82) is 0 Å². The van der Waals surface area contributed by atoms with Gasteiger partial charge in [-0.05, 0) is 36.8 Å². The maximum atomic E-state index is 13.0. The summed E-state index contributed by atoms with van der Waals surface area (Å²) in [6, 6.07) is 15.2. The first kappa shape index (κ1) is 15.3. The number of aromatic nitrogens is 1. The SMILES string of the molecule is Cc1nocc1C(=O)N(Cc1ccc2c(c1)OCO2)c1ccccc1. The lowest BCUT2D eigenvalue weighted by molar-refractivity contribution is 0.0984. The fourth-order valence-electron chi connectivity index (χ4n) is 2.75. The average Bonchev–Trinajstić information content (AvgIpc) is 3.28. The van der Waals surface area contributed by atoms with Crippen LogP contribution in [0, 0.1) is 6.92 Å². The predicted molar refractivity (Wildman–Crippen MR) is 90.8 cm³/mol. The monoisotopic (exact) mass is 336 g/mol. The molecule has 2 heterocycles. The highest BCUT2D eigenvalue weighted by molar-refractivity contribution is 6.06. The molecule has 6 nitrogen and oxygen atoms in total. The molecule has 1 aromatic heterocycles. The zero-order valence-corrected chi connectivity index (χ0v) is 13.6. The topological polar surface area (TPSA) is 64.8 Å². The van der Waals surface area contributed by atoms with Gasteiger partial charge in [-0.3, -0.25) is 4.79 Å². The quantitative estimate of drug-likeness (QED) is 0.729. The molecule has 4 rings (SSSR count). The minimum atomic E-state index is -0.164. The standard InChI is InChI=1S/C19H16N2O4/c1-13-16(11-25-20-13)19(22)21(15-5-3-2-4-6-15)10-14-7-8-17-18(9-14)24-12-23-17/h2-9,11H,10,12H2,1H3. The summed E-state index contributed by atoms with van der Waals surface area (Å²) in [7, 11) is 0. The number of amides is 1. The van der Waals surface area contributed by atoms with E-state index in [0.717, 1.165) is 17.0 Å². The van der Waals surface area contributed by atoms with E-state index in [1.165, 1.54) is 6.26 Å². The van der Waals surface area contributed by atoms with Crippen LogP contribution in [0.25, 0.3) is 0 Å². The molecule has 0 fully saturated rings. The van der Waals surface area contributed by atoms with Gasteiger partial charge in [-0.2, -0.15) is 0 Å². The molecular weight excluding hydrogens is 320 g/mol. The van der Waals surface area contributed by atoms with Gasteiger partial charge in [-0.15, -0.1) is 0 Å². The van der Waals surface area contributed by atoms with Crippen molar-refractivity contribution >= 4 is 11.6 Å². The molecule has 0 bridgehead atoms. The molecule has 0 atom stereocenters. The Hall–Kier alpha value is -3.28. The molecule has 25 heavy (non-hydrogen) atoms. The van der Waals surface area contributed by atoms with E-state index in [0.29, 0.717) is 23.6 Å². The van der Waals surface area contributed by atoms with E-state index in [2.05, 4.69) is 5.16 Å². The number of para-hydroxylation sites is 1. The fourth-order valence-corrected chi connectivity index (χ4v) is 2.75. The van der Waals surface area contributed by atoms with Gasteiger partial charge in [-0.1, -0.05) is 29.4 Å². The third kappa shape index (κ3) is 2.94. The van der Waals surface area contributed by atoms with Gasteiger partial charge in [0.05, 0.1) is 12.2 Å². The Kier molecular flexibility index (Phi) is 3.85. The van der Waals surface area contributed by atoms with Crippen LogP contribution in [0.3, 0.4) is 0 Å². The molecule has 0 unspecified atom stereocenters. The number of benzene rings is 2. The number of anilines is 1. The number of hydrogen-bond acceptors (Lipinski definition) is 5. The Morgan fingerprint density at radius 1 is 1.12 bits per heavy atom. The van der Waals surface area contributed by atoms with Crippen LogP contribution in [0.5, 0.6) is 11.5 Å². The molecular formula is C19H16N2O4. The van der Waals surface area contributed by atoms with E-state index in [1.807, 2.05) is 48.5 Å². The van der Waals surface area contributed by atoms with Crippen LogP contribution < -0.4 is 14.4 Å². The highest BCUT2D eigenvalue weighted by Crippen LogP contribution is 2.33. The summed E-state index contributed by atoms with van der Waals surface area (Å²) in [4.78, 5) is 14.7. The molecule has 0 saturated heterocycles.